The van der Waals surface area contributed by atoms with E-state index in [4.69, 9.17) is 11.6 Å². The molecule has 0 saturated heterocycles. The molecule has 8 heteroatoms. The maximum atomic E-state index is 12.1. The minimum Gasteiger partial charge on any atom is -0.338 e. The molecule has 3 aromatic rings. The van der Waals surface area contributed by atoms with E-state index in [0.29, 0.717) is 22.9 Å². The van der Waals surface area contributed by atoms with E-state index in [2.05, 4.69) is 20.7 Å². The fraction of sp³-hybridized carbons (Fsp3) is 0.188. The smallest absolute Gasteiger partial charge is 0.319 e. The molecule has 2 heterocycles. The molecule has 0 atom stereocenters. The highest BCUT2D eigenvalue weighted by atomic mass is 35.5. The van der Waals surface area contributed by atoms with Gasteiger partial charge in [0.2, 0.25) is 0 Å². The molecule has 1 aromatic carbocycles. The molecule has 7 nitrogen and oxygen atoms in total. The summed E-state index contributed by atoms with van der Waals surface area (Å²) in [7, 11) is 0. The molecule has 0 unspecified atom stereocenters. The maximum absolute atomic E-state index is 12.1. The highest BCUT2D eigenvalue weighted by Gasteiger charge is 2.11. The van der Waals surface area contributed by atoms with E-state index in [0.717, 1.165) is 13.0 Å². The number of hydrogen-bond acceptors (Lipinski definition) is 3. The lowest BCUT2D eigenvalue weighted by Gasteiger charge is -2.13. The maximum Gasteiger partial charge on any atom is 0.319 e. The quantitative estimate of drug-likeness (QED) is 0.675. The Kier molecular flexibility index (Phi) is 5.12. The van der Waals surface area contributed by atoms with Crippen molar-refractivity contribution in [1.29, 1.82) is 0 Å². The van der Waals surface area contributed by atoms with Gasteiger partial charge >= 0.3 is 6.03 Å². The number of nitrogens with one attached hydrogen (secondary N) is 2. The molecule has 2 amide bonds. The summed E-state index contributed by atoms with van der Waals surface area (Å²) in [6.07, 6.45) is 9.62. The molecule has 0 aliphatic heterocycles. The number of para-hydroxylation sites is 1. The van der Waals surface area contributed by atoms with E-state index < -0.39 is 0 Å². The van der Waals surface area contributed by atoms with Crippen LogP contribution < -0.4 is 10.6 Å². The van der Waals surface area contributed by atoms with Crippen molar-refractivity contribution in [3.05, 3.63) is 60.4 Å². The zero-order chi connectivity index (χ0) is 16.8. The number of carbonyl (C=O) groups is 1. The van der Waals surface area contributed by atoms with E-state index >= 15 is 0 Å². The highest BCUT2D eigenvalue weighted by molar-refractivity contribution is 6.33. The van der Waals surface area contributed by atoms with Gasteiger partial charge in [0.1, 0.15) is 5.69 Å². The average molecular weight is 345 g/mol. The molecule has 0 spiro atoms. The van der Waals surface area contributed by atoms with Gasteiger partial charge in [0.15, 0.2) is 0 Å². The van der Waals surface area contributed by atoms with Crippen molar-refractivity contribution in [1.82, 2.24) is 24.6 Å². The largest absolute Gasteiger partial charge is 0.338 e. The summed E-state index contributed by atoms with van der Waals surface area (Å²) in [5.74, 6) is 0. The minimum absolute atomic E-state index is 0.281. The Balaban J connectivity index is 1.57. The molecule has 0 bridgehead atoms. The fourth-order valence-corrected chi connectivity index (χ4v) is 2.56. The lowest BCUT2D eigenvalue weighted by molar-refractivity contribution is 0.252. The van der Waals surface area contributed by atoms with Gasteiger partial charge in [-0.15, -0.1) is 0 Å². The molecule has 0 fully saturated rings. The van der Waals surface area contributed by atoms with Crippen LogP contribution in [0.5, 0.6) is 0 Å². The van der Waals surface area contributed by atoms with Crippen molar-refractivity contribution >= 4 is 23.3 Å². The molecule has 0 radical (unpaired) electrons. The van der Waals surface area contributed by atoms with E-state index in [1.807, 2.05) is 10.8 Å². The predicted octanol–water partition coefficient (Wildman–Crippen LogP) is 2.93. The van der Waals surface area contributed by atoms with Crippen LogP contribution in [0.25, 0.3) is 5.69 Å². The van der Waals surface area contributed by atoms with E-state index in [1.165, 1.54) is 0 Å². The lowest BCUT2D eigenvalue weighted by atomic mass is 10.2. The van der Waals surface area contributed by atoms with Crippen LogP contribution in [0.15, 0.2) is 55.4 Å². The Labute approximate surface area is 144 Å². The zero-order valence-corrected chi connectivity index (χ0v) is 13.6. The minimum atomic E-state index is -0.281. The van der Waals surface area contributed by atoms with Crippen LogP contribution in [0.4, 0.5) is 10.5 Å². The van der Waals surface area contributed by atoms with Crippen molar-refractivity contribution in [3.63, 3.8) is 0 Å². The van der Waals surface area contributed by atoms with Crippen LogP contribution in [-0.4, -0.2) is 31.9 Å². The number of urea groups is 1. The first-order valence-corrected chi connectivity index (χ1v) is 7.91. The first-order chi connectivity index (χ1) is 11.7. The van der Waals surface area contributed by atoms with Gasteiger partial charge in [-0.05, 0) is 24.6 Å². The van der Waals surface area contributed by atoms with Gasteiger partial charge in [0.05, 0.1) is 17.0 Å². The molecule has 2 aromatic heterocycles. The SMILES string of the molecule is O=C(NCCCn1ccnc1)Nc1cccc(Cl)c1-n1cccn1. The fourth-order valence-electron chi connectivity index (χ4n) is 2.30. The van der Waals surface area contributed by atoms with Gasteiger partial charge in [-0.25, -0.2) is 14.5 Å². The monoisotopic (exact) mass is 344 g/mol. The first-order valence-electron chi connectivity index (χ1n) is 7.53. The molecule has 3 rings (SSSR count). The van der Waals surface area contributed by atoms with Gasteiger partial charge in [0, 0.05) is 37.9 Å². The summed E-state index contributed by atoms with van der Waals surface area (Å²) in [5, 5.41) is 10.3. The molecule has 0 aliphatic rings. The third kappa shape index (κ3) is 3.94. The first kappa shape index (κ1) is 16.1. The average Bonchev–Trinajstić information content (AvgIpc) is 3.25. The second-order valence-corrected chi connectivity index (χ2v) is 5.53. The summed E-state index contributed by atoms with van der Waals surface area (Å²) in [4.78, 5) is 16.1. The Morgan fingerprint density at radius 2 is 2.12 bits per heavy atom. The van der Waals surface area contributed by atoms with Crippen molar-refractivity contribution in [3.8, 4) is 5.69 Å². The normalized spacial score (nSPS) is 10.5. The third-order valence-electron chi connectivity index (χ3n) is 3.41. The van der Waals surface area contributed by atoms with Crippen LogP contribution in [0, 0.1) is 0 Å². The van der Waals surface area contributed by atoms with Gasteiger partial charge < -0.3 is 15.2 Å². The second-order valence-electron chi connectivity index (χ2n) is 5.12. The van der Waals surface area contributed by atoms with Gasteiger partial charge in [-0.3, -0.25) is 0 Å². The predicted molar refractivity (Wildman–Crippen MR) is 92.4 cm³/mol. The zero-order valence-electron chi connectivity index (χ0n) is 12.9. The number of benzene rings is 1. The number of carbonyl (C=O) groups excluding carboxylic acids is 1. The number of aromatic nitrogens is 4. The lowest BCUT2D eigenvalue weighted by Crippen LogP contribution is -2.30. The molecule has 2 N–H and O–H groups in total. The highest BCUT2D eigenvalue weighted by Crippen LogP contribution is 2.27. The molecular weight excluding hydrogens is 328 g/mol. The molecular formula is C16H17ClN6O. The van der Waals surface area contributed by atoms with E-state index in [1.54, 1.807) is 53.9 Å². The topological polar surface area (TPSA) is 76.8 Å². The van der Waals surface area contributed by atoms with Gasteiger partial charge in [-0.1, -0.05) is 17.7 Å². The van der Waals surface area contributed by atoms with Crippen molar-refractivity contribution in [2.24, 2.45) is 0 Å². The molecule has 0 saturated carbocycles. The van der Waals surface area contributed by atoms with Crippen LogP contribution >= 0.6 is 11.6 Å². The van der Waals surface area contributed by atoms with Crippen LogP contribution in [0.3, 0.4) is 0 Å². The Hall–Kier alpha value is -2.80. The van der Waals surface area contributed by atoms with Crippen LogP contribution in [0.1, 0.15) is 6.42 Å². The number of rotatable bonds is 6. The summed E-state index contributed by atoms with van der Waals surface area (Å²) in [6, 6.07) is 6.84. The molecule has 24 heavy (non-hydrogen) atoms. The van der Waals surface area contributed by atoms with Crippen molar-refractivity contribution in [2.75, 3.05) is 11.9 Å². The standard InChI is InChI=1S/C16H17ClN6O/c17-13-4-1-5-14(15(13)23-10-3-7-20-23)21-16(24)19-6-2-9-22-11-8-18-12-22/h1,3-5,7-8,10-12H,2,6,9H2,(H2,19,21,24). The van der Waals surface area contributed by atoms with Gasteiger partial charge in [-0.2, -0.15) is 5.10 Å². The van der Waals surface area contributed by atoms with Crippen molar-refractivity contribution < 1.29 is 4.79 Å². The Morgan fingerprint density at radius 3 is 2.88 bits per heavy atom. The van der Waals surface area contributed by atoms with Crippen LogP contribution in [0.2, 0.25) is 5.02 Å². The number of halogens is 1. The number of imidazole rings is 1. The number of nitrogens with zero attached hydrogens (tertiary/aromatic N) is 4. The van der Waals surface area contributed by atoms with E-state index in [9.17, 15) is 4.79 Å². The van der Waals surface area contributed by atoms with Crippen LogP contribution in [-0.2, 0) is 6.54 Å². The summed E-state index contributed by atoms with van der Waals surface area (Å²) < 4.78 is 3.59. The Bertz CT molecular complexity index is 785. The third-order valence-corrected chi connectivity index (χ3v) is 3.71. The number of hydrogen-bond donors (Lipinski definition) is 2. The second kappa shape index (κ2) is 7.65. The molecule has 124 valence electrons. The number of aryl methyl sites for hydroxylation is 1. The van der Waals surface area contributed by atoms with E-state index in [-0.39, 0.29) is 6.03 Å². The summed E-state index contributed by atoms with van der Waals surface area (Å²) >= 11 is 6.25. The van der Waals surface area contributed by atoms with Crippen molar-refractivity contribution in [2.45, 2.75) is 13.0 Å². The van der Waals surface area contributed by atoms with Gasteiger partial charge in [0.25, 0.3) is 0 Å². The summed E-state index contributed by atoms with van der Waals surface area (Å²) in [6.45, 7) is 1.36. The summed E-state index contributed by atoms with van der Waals surface area (Å²) in [5.41, 5.74) is 1.23. The number of amides is 2. The molecule has 0 aliphatic carbocycles. The number of anilines is 1. The Morgan fingerprint density at radius 1 is 1.21 bits per heavy atom.